The number of benzene rings is 2. The van der Waals surface area contributed by atoms with E-state index in [2.05, 4.69) is 57.5 Å². The number of aromatic nitrogens is 5. The molecule has 3 aromatic heterocycles. The second-order valence-corrected chi connectivity index (χ2v) is 7.09. The van der Waals surface area contributed by atoms with Crippen molar-refractivity contribution in [1.29, 1.82) is 0 Å². The fourth-order valence-corrected chi connectivity index (χ4v) is 3.51. The fourth-order valence-electron chi connectivity index (χ4n) is 3.51. The van der Waals surface area contributed by atoms with Crippen molar-refractivity contribution in [3.8, 4) is 16.9 Å². The minimum absolute atomic E-state index is 0.123. The number of anilines is 1. The molecule has 5 rings (SSSR count). The van der Waals surface area contributed by atoms with E-state index in [1.807, 2.05) is 34.9 Å². The van der Waals surface area contributed by atoms with Gasteiger partial charge in [-0.05, 0) is 47.9 Å². The maximum atomic E-state index is 4.75. The van der Waals surface area contributed by atoms with Crippen LogP contribution in [0.5, 0.6) is 0 Å². The van der Waals surface area contributed by atoms with E-state index in [4.69, 9.17) is 4.98 Å². The SMILES string of the molecule is C[C@H](Nc1cncc(-n2cnc3cc(-c4ccncc4)ccc32)n1)c1ccccc1. The van der Waals surface area contributed by atoms with Crippen LogP contribution in [-0.2, 0) is 0 Å². The Morgan fingerprint density at radius 3 is 2.53 bits per heavy atom. The van der Waals surface area contributed by atoms with Crippen LogP contribution in [0.3, 0.4) is 0 Å². The van der Waals surface area contributed by atoms with E-state index in [9.17, 15) is 0 Å². The van der Waals surface area contributed by atoms with Gasteiger partial charge in [-0.2, -0.15) is 0 Å². The lowest BCUT2D eigenvalue weighted by atomic mass is 10.1. The van der Waals surface area contributed by atoms with Gasteiger partial charge >= 0.3 is 0 Å². The van der Waals surface area contributed by atoms with Crippen molar-refractivity contribution in [2.75, 3.05) is 5.32 Å². The highest BCUT2D eigenvalue weighted by atomic mass is 15.2. The lowest BCUT2D eigenvalue weighted by molar-refractivity contribution is 0.865. The van der Waals surface area contributed by atoms with E-state index in [-0.39, 0.29) is 6.04 Å². The van der Waals surface area contributed by atoms with Gasteiger partial charge in [-0.15, -0.1) is 0 Å². The molecule has 0 spiro atoms. The molecule has 6 nitrogen and oxygen atoms in total. The lowest BCUT2D eigenvalue weighted by Gasteiger charge is -2.15. The van der Waals surface area contributed by atoms with Crippen LogP contribution in [0.4, 0.5) is 5.82 Å². The molecular formula is C24H20N6. The highest BCUT2D eigenvalue weighted by Crippen LogP contribution is 2.25. The summed E-state index contributed by atoms with van der Waals surface area (Å²) in [5.74, 6) is 1.44. The number of hydrogen-bond acceptors (Lipinski definition) is 5. The molecule has 5 aromatic rings. The maximum absolute atomic E-state index is 4.75. The van der Waals surface area contributed by atoms with Gasteiger partial charge in [0.15, 0.2) is 5.82 Å². The third-order valence-electron chi connectivity index (χ3n) is 5.09. The van der Waals surface area contributed by atoms with Crippen LogP contribution in [0.1, 0.15) is 18.5 Å². The third-order valence-corrected chi connectivity index (χ3v) is 5.09. The first-order valence-electron chi connectivity index (χ1n) is 9.79. The van der Waals surface area contributed by atoms with Gasteiger partial charge in [0.05, 0.1) is 23.4 Å². The average molecular weight is 392 g/mol. The Labute approximate surface area is 174 Å². The molecule has 0 amide bonds. The Balaban J connectivity index is 1.45. The molecular weight excluding hydrogens is 372 g/mol. The number of nitrogens with one attached hydrogen (secondary N) is 1. The summed E-state index contributed by atoms with van der Waals surface area (Å²) < 4.78 is 1.96. The summed E-state index contributed by atoms with van der Waals surface area (Å²) in [5, 5.41) is 3.43. The molecule has 0 unspecified atom stereocenters. The Hall–Kier alpha value is -4.06. The normalized spacial score (nSPS) is 12.0. The fraction of sp³-hybridized carbons (Fsp3) is 0.0833. The van der Waals surface area contributed by atoms with Crippen LogP contribution in [-0.4, -0.2) is 24.5 Å². The molecule has 30 heavy (non-hydrogen) atoms. The zero-order chi connectivity index (χ0) is 20.3. The maximum Gasteiger partial charge on any atom is 0.159 e. The monoisotopic (exact) mass is 392 g/mol. The smallest absolute Gasteiger partial charge is 0.159 e. The summed E-state index contributed by atoms with van der Waals surface area (Å²) in [7, 11) is 0. The van der Waals surface area contributed by atoms with Crippen molar-refractivity contribution in [2.24, 2.45) is 0 Å². The molecule has 1 atom stereocenters. The molecule has 2 aromatic carbocycles. The summed E-state index contributed by atoms with van der Waals surface area (Å²) in [4.78, 5) is 17.8. The number of pyridine rings is 1. The molecule has 0 saturated carbocycles. The lowest BCUT2D eigenvalue weighted by Crippen LogP contribution is -2.09. The number of rotatable bonds is 5. The topological polar surface area (TPSA) is 68.5 Å². The number of hydrogen-bond donors (Lipinski definition) is 1. The molecule has 0 saturated heterocycles. The summed E-state index contributed by atoms with van der Waals surface area (Å²) in [6, 6.07) is 20.6. The highest BCUT2D eigenvalue weighted by molar-refractivity contribution is 5.83. The van der Waals surface area contributed by atoms with Crippen molar-refractivity contribution in [3.63, 3.8) is 0 Å². The van der Waals surface area contributed by atoms with Gasteiger partial charge in [0.2, 0.25) is 0 Å². The Morgan fingerprint density at radius 1 is 0.867 bits per heavy atom. The second-order valence-electron chi connectivity index (χ2n) is 7.09. The summed E-state index contributed by atoms with van der Waals surface area (Å²) in [5.41, 5.74) is 5.30. The molecule has 0 aliphatic carbocycles. The van der Waals surface area contributed by atoms with Crippen molar-refractivity contribution in [1.82, 2.24) is 24.5 Å². The largest absolute Gasteiger partial charge is 0.362 e. The Morgan fingerprint density at radius 2 is 1.70 bits per heavy atom. The molecule has 3 heterocycles. The highest BCUT2D eigenvalue weighted by Gasteiger charge is 2.10. The van der Waals surface area contributed by atoms with Gasteiger partial charge in [-0.3, -0.25) is 14.5 Å². The van der Waals surface area contributed by atoms with Gasteiger partial charge in [-0.1, -0.05) is 36.4 Å². The molecule has 1 N–H and O–H groups in total. The van der Waals surface area contributed by atoms with E-state index < -0.39 is 0 Å². The minimum Gasteiger partial charge on any atom is -0.362 e. The van der Waals surface area contributed by atoms with E-state index in [0.29, 0.717) is 0 Å². The van der Waals surface area contributed by atoms with E-state index >= 15 is 0 Å². The van der Waals surface area contributed by atoms with Crippen LogP contribution in [0.15, 0.2) is 91.8 Å². The van der Waals surface area contributed by atoms with Gasteiger partial charge in [-0.25, -0.2) is 9.97 Å². The number of imidazole rings is 1. The van der Waals surface area contributed by atoms with Crippen LogP contribution in [0, 0.1) is 0 Å². The predicted molar refractivity (Wildman–Crippen MR) is 118 cm³/mol. The standard InChI is InChI=1S/C24H20N6/c1-17(18-5-3-2-4-6-18)28-23-14-26-15-24(29-23)30-16-27-21-13-20(7-8-22(21)30)19-9-11-25-12-10-19/h2-17H,1H3,(H,28,29)/t17-/m0/s1. The van der Waals surface area contributed by atoms with Crippen molar-refractivity contribution < 1.29 is 0 Å². The first kappa shape index (κ1) is 18.0. The molecule has 6 heteroatoms. The number of fused-ring (bicyclic) bond motifs is 1. The summed E-state index contributed by atoms with van der Waals surface area (Å²) in [6.07, 6.45) is 8.86. The van der Waals surface area contributed by atoms with E-state index in [0.717, 1.165) is 33.8 Å². The molecule has 0 aliphatic heterocycles. The zero-order valence-electron chi connectivity index (χ0n) is 16.5. The van der Waals surface area contributed by atoms with Gasteiger partial charge < -0.3 is 5.32 Å². The van der Waals surface area contributed by atoms with Crippen molar-refractivity contribution in [3.05, 3.63) is 97.3 Å². The first-order chi connectivity index (χ1) is 14.8. The van der Waals surface area contributed by atoms with E-state index in [1.54, 1.807) is 31.1 Å². The quantitative estimate of drug-likeness (QED) is 0.453. The van der Waals surface area contributed by atoms with Crippen LogP contribution >= 0.6 is 0 Å². The molecule has 0 bridgehead atoms. The van der Waals surface area contributed by atoms with Crippen molar-refractivity contribution >= 4 is 16.9 Å². The summed E-state index contributed by atoms with van der Waals surface area (Å²) >= 11 is 0. The zero-order valence-corrected chi connectivity index (χ0v) is 16.5. The first-order valence-corrected chi connectivity index (χ1v) is 9.79. The second kappa shape index (κ2) is 7.75. The predicted octanol–water partition coefficient (Wildman–Crippen LogP) is 5.05. The van der Waals surface area contributed by atoms with Crippen LogP contribution in [0.25, 0.3) is 28.0 Å². The van der Waals surface area contributed by atoms with Gasteiger partial charge in [0.1, 0.15) is 12.1 Å². The third kappa shape index (κ3) is 3.51. The number of nitrogens with zero attached hydrogens (tertiary/aromatic N) is 5. The van der Waals surface area contributed by atoms with Crippen molar-refractivity contribution in [2.45, 2.75) is 13.0 Å². The van der Waals surface area contributed by atoms with E-state index in [1.165, 1.54) is 5.56 Å². The minimum atomic E-state index is 0.123. The van der Waals surface area contributed by atoms with Crippen LogP contribution < -0.4 is 5.32 Å². The molecule has 0 fully saturated rings. The van der Waals surface area contributed by atoms with Gasteiger partial charge in [0.25, 0.3) is 0 Å². The Kier molecular flexibility index (Phi) is 4.65. The van der Waals surface area contributed by atoms with Crippen LogP contribution in [0.2, 0.25) is 0 Å². The molecule has 0 radical (unpaired) electrons. The average Bonchev–Trinajstić information content (AvgIpc) is 3.24. The molecule has 0 aliphatic rings. The Bertz CT molecular complexity index is 1280. The molecule has 146 valence electrons. The van der Waals surface area contributed by atoms with Gasteiger partial charge in [0, 0.05) is 18.4 Å². The summed E-state index contributed by atoms with van der Waals surface area (Å²) in [6.45, 7) is 2.11.